The van der Waals surface area contributed by atoms with Crippen LogP contribution in [0.5, 0.6) is 11.5 Å². The summed E-state index contributed by atoms with van der Waals surface area (Å²) in [6.07, 6.45) is 6.36. The van der Waals surface area contributed by atoms with Crippen LogP contribution in [-0.2, 0) is 16.2 Å². The van der Waals surface area contributed by atoms with Gasteiger partial charge in [0.15, 0.2) is 17.5 Å². The molecule has 0 unspecified atom stereocenters. The van der Waals surface area contributed by atoms with E-state index in [1.54, 1.807) is 0 Å². The second-order valence-corrected chi connectivity index (χ2v) is 21.9. The average molecular weight is 932 g/mol. The molecule has 2 aromatic heterocycles. The average Bonchev–Trinajstić information content (AvgIpc) is 3.92. The predicted molar refractivity (Wildman–Crippen MR) is 295 cm³/mol. The Balaban J connectivity index is 1.07. The van der Waals surface area contributed by atoms with Gasteiger partial charge >= 0.3 is 0 Å². The Kier molecular flexibility index (Phi) is 11.2. The van der Waals surface area contributed by atoms with Crippen LogP contribution in [0.2, 0.25) is 0 Å². The van der Waals surface area contributed by atoms with Crippen LogP contribution in [0.3, 0.4) is 0 Å². The minimum absolute atomic E-state index is 0.00369. The molecule has 2 aliphatic rings. The van der Waals surface area contributed by atoms with Crippen LogP contribution >= 0.6 is 0 Å². The summed E-state index contributed by atoms with van der Waals surface area (Å²) in [5.41, 5.74) is 13.0. The number of fused-ring (bicyclic) bond motifs is 4. The van der Waals surface area contributed by atoms with Crippen molar-refractivity contribution in [3.05, 3.63) is 193 Å². The second-order valence-electron chi connectivity index (χ2n) is 21.9. The first-order valence-corrected chi connectivity index (χ1v) is 24.8. The highest BCUT2D eigenvalue weighted by molar-refractivity contribution is 6.12. The predicted octanol–water partition coefficient (Wildman–Crippen LogP) is 15.9. The highest BCUT2D eigenvalue weighted by Gasteiger charge is 2.29. The summed E-state index contributed by atoms with van der Waals surface area (Å²) in [7, 11) is 0. The molecule has 0 spiro atoms. The van der Waals surface area contributed by atoms with Crippen molar-refractivity contribution in [2.75, 3.05) is 23.0 Å². The SMILES string of the molecule is CC(C)(C)c1ccc(-c2nc(-c3ccc(C(C)(C)C)cc3)nc(-c3cc4c5ccccc5n(C5=CC=CCN5)c4cc3Oc3cccc(N4CN(c5ccc(C(C)(C)C)cc5)c5ccccc54)c3)n2)cc1. The molecule has 0 saturated heterocycles. The number of benzene rings is 7. The number of aromatic nitrogens is 4. The van der Waals surface area contributed by atoms with Crippen molar-refractivity contribution in [3.8, 4) is 45.7 Å². The van der Waals surface area contributed by atoms with Gasteiger partial charge in [-0.1, -0.05) is 172 Å². The van der Waals surface area contributed by atoms with Crippen molar-refractivity contribution in [3.63, 3.8) is 0 Å². The van der Waals surface area contributed by atoms with Gasteiger partial charge in [-0.15, -0.1) is 0 Å². The third-order valence-corrected chi connectivity index (χ3v) is 13.8. The zero-order valence-corrected chi connectivity index (χ0v) is 42.2. The van der Waals surface area contributed by atoms with Gasteiger partial charge in [-0.25, -0.2) is 15.0 Å². The maximum absolute atomic E-state index is 7.24. The zero-order valence-electron chi connectivity index (χ0n) is 42.2. The van der Waals surface area contributed by atoms with Crippen LogP contribution in [0, 0.1) is 0 Å². The van der Waals surface area contributed by atoms with Crippen molar-refractivity contribution in [1.29, 1.82) is 0 Å². The molecule has 4 heterocycles. The van der Waals surface area contributed by atoms with Crippen molar-refractivity contribution >= 4 is 50.4 Å². The molecule has 0 aliphatic carbocycles. The molecule has 0 bridgehead atoms. The van der Waals surface area contributed by atoms with Crippen LogP contribution in [-0.4, -0.2) is 32.7 Å². The van der Waals surface area contributed by atoms with Crippen LogP contribution in [0.15, 0.2) is 176 Å². The topological polar surface area (TPSA) is 71.3 Å². The number of para-hydroxylation sites is 3. The van der Waals surface area contributed by atoms with E-state index in [0.29, 0.717) is 35.6 Å². The molecule has 7 aromatic carbocycles. The van der Waals surface area contributed by atoms with E-state index >= 15 is 0 Å². The Morgan fingerprint density at radius 3 is 1.62 bits per heavy atom. The van der Waals surface area contributed by atoms with Crippen LogP contribution < -0.4 is 19.9 Å². The molecular formula is C63H61N7O. The van der Waals surface area contributed by atoms with Crippen LogP contribution in [0.25, 0.3) is 61.8 Å². The number of hydrogen-bond donors (Lipinski definition) is 1. The third-order valence-electron chi connectivity index (χ3n) is 13.8. The quantitative estimate of drug-likeness (QED) is 0.163. The second kappa shape index (κ2) is 17.5. The molecule has 0 fully saturated rings. The van der Waals surface area contributed by atoms with Gasteiger partial charge in [0.2, 0.25) is 0 Å². The Morgan fingerprint density at radius 2 is 1.04 bits per heavy atom. The van der Waals surface area contributed by atoms with Gasteiger partial charge in [0.25, 0.3) is 0 Å². The molecule has 0 saturated carbocycles. The molecule has 0 atom stereocenters. The smallest absolute Gasteiger partial charge is 0.167 e. The number of dihydropyridines is 1. The molecule has 8 nitrogen and oxygen atoms in total. The van der Waals surface area contributed by atoms with E-state index in [2.05, 4.69) is 252 Å². The van der Waals surface area contributed by atoms with E-state index in [0.717, 1.165) is 73.6 Å². The summed E-state index contributed by atoms with van der Waals surface area (Å²) < 4.78 is 9.54. The Hall–Kier alpha value is -7.97. The standard InChI is InChI=1S/C63H61N7O/c1-61(2,3)43-28-24-41(25-29-43)58-65-59(42-26-30-44(31-27-42)62(4,5)6)67-60(66-58)51-38-50-49-19-10-11-20-52(49)70(57-23-14-15-36-64-57)55(50)39-56(51)71-48-18-16-17-47(37-48)69-40-68(53-21-12-13-22-54(53)69)46-34-32-45(33-35-46)63(7,8)9/h10-35,37-39,64H,36,40H2,1-9H3. The van der Waals surface area contributed by atoms with Gasteiger partial charge in [0, 0.05) is 52.0 Å². The Labute approximate surface area is 418 Å². The normalized spacial score (nSPS) is 14.0. The van der Waals surface area contributed by atoms with E-state index in [1.807, 2.05) is 6.07 Å². The van der Waals surface area contributed by atoms with Gasteiger partial charge in [-0.2, -0.15) is 0 Å². The van der Waals surface area contributed by atoms with Crippen molar-refractivity contribution in [2.45, 2.75) is 78.6 Å². The fourth-order valence-electron chi connectivity index (χ4n) is 9.75. The van der Waals surface area contributed by atoms with Gasteiger partial charge in [0.1, 0.15) is 24.0 Å². The maximum Gasteiger partial charge on any atom is 0.167 e. The monoisotopic (exact) mass is 931 g/mol. The molecule has 11 rings (SSSR count). The van der Waals surface area contributed by atoms with Crippen molar-refractivity contribution < 1.29 is 4.74 Å². The number of hydrogen-bond acceptors (Lipinski definition) is 7. The van der Waals surface area contributed by atoms with Crippen LogP contribution in [0.4, 0.5) is 22.7 Å². The molecular weight excluding hydrogens is 871 g/mol. The highest BCUT2D eigenvalue weighted by Crippen LogP contribution is 2.46. The van der Waals surface area contributed by atoms with Crippen molar-refractivity contribution in [2.24, 2.45) is 0 Å². The van der Waals surface area contributed by atoms with Gasteiger partial charge in [-0.05, 0) is 87.5 Å². The number of nitrogens with one attached hydrogen (secondary N) is 1. The first-order chi connectivity index (χ1) is 34.1. The summed E-state index contributed by atoms with van der Waals surface area (Å²) in [4.78, 5) is 20.6. The Morgan fingerprint density at radius 1 is 0.493 bits per heavy atom. The zero-order chi connectivity index (χ0) is 49.2. The number of rotatable bonds is 8. The summed E-state index contributed by atoms with van der Waals surface area (Å²) in [5.74, 6) is 4.02. The largest absolute Gasteiger partial charge is 0.456 e. The number of nitrogens with zero attached hydrogens (tertiary/aromatic N) is 6. The van der Waals surface area contributed by atoms with Gasteiger partial charge < -0.3 is 19.9 Å². The first kappa shape index (κ1) is 45.5. The summed E-state index contributed by atoms with van der Waals surface area (Å²) in [5, 5.41) is 5.80. The highest BCUT2D eigenvalue weighted by atomic mass is 16.5. The third kappa shape index (κ3) is 8.73. The lowest BCUT2D eigenvalue weighted by Gasteiger charge is -2.24. The van der Waals surface area contributed by atoms with Crippen molar-refractivity contribution in [1.82, 2.24) is 24.8 Å². The van der Waals surface area contributed by atoms with E-state index in [4.69, 9.17) is 19.7 Å². The van der Waals surface area contributed by atoms with Gasteiger partial charge in [-0.3, -0.25) is 4.57 Å². The summed E-state index contributed by atoms with van der Waals surface area (Å²) >= 11 is 0. The van der Waals surface area contributed by atoms with E-state index < -0.39 is 0 Å². The fraction of sp³-hybridized carbons (Fsp3) is 0.222. The summed E-state index contributed by atoms with van der Waals surface area (Å²) in [6.45, 7) is 21.5. The molecule has 9 aromatic rings. The minimum atomic E-state index is -0.00369. The Bertz CT molecular complexity index is 3450. The number of anilines is 4. The molecule has 354 valence electrons. The molecule has 1 N–H and O–H groups in total. The van der Waals surface area contributed by atoms with Gasteiger partial charge in [0.05, 0.1) is 28.0 Å². The maximum atomic E-state index is 7.24. The minimum Gasteiger partial charge on any atom is -0.456 e. The first-order valence-electron chi connectivity index (χ1n) is 24.8. The number of allylic oxidation sites excluding steroid dienone is 2. The molecule has 2 aliphatic heterocycles. The molecule has 71 heavy (non-hydrogen) atoms. The fourth-order valence-corrected chi connectivity index (χ4v) is 9.75. The van der Waals surface area contributed by atoms with E-state index in [9.17, 15) is 0 Å². The molecule has 0 radical (unpaired) electrons. The lowest BCUT2D eigenvalue weighted by Crippen LogP contribution is -2.24. The van der Waals surface area contributed by atoms with E-state index in [-0.39, 0.29) is 16.2 Å². The van der Waals surface area contributed by atoms with Crippen LogP contribution in [0.1, 0.15) is 79.0 Å². The lowest BCUT2D eigenvalue weighted by molar-refractivity contribution is 0.484. The molecule has 0 amide bonds. The lowest BCUT2D eigenvalue weighted by atomic mass is 9.86. The van der Waals surface area contributed by atoms with E-state index in [1.165, 1.54) is 16.7 Å². The number of ether oxygens (including phenoxy) is 1. The summed E-state index contributed by atoms with van der Waals surface area (Å²) in [6, 6.07) is 56.2. The molecule has 8 heteroatoms.